The Balaban J connectivity index is 1.97. The van der Waals surface area contributed by atoms with Gasteiger partial charge < -0.3 is 19.3 Å². The van der Waals surface area contributed by atoms with Crippen molar-refractivity contribution in [2.45, 2.75) is 46.1 Å². The van der Waals surface area contributed by atoms with Gasteiger partial charge in [-0.25, -0.2) is 0 Å². The molecule has 1 aliphatic rings. The third-order valence-electron chi connectivity index (χ3n) is 6.16. The molecule has 176 valence electrons. The molecule has 2 aromatic rings. The third-order valence-corrected chi connectivity index (χ3v) is 6.16. The van der Waals surface area contributed by atoms with Crippen LogP contribution in [-0.2, 0) is 15.0 Å². The highest BCUT2D eigenvalue weighted by atomic mass is 16.3. The number of likely N-dealkylation sites (N-methyl/N-ethyl adjacent to an activating group) is 1. The Morgan fingerprint density at radius 1 is 1.15 bits per heavy atom. The molecule has 0 bridgehead atoms. The normalized spacial score (nSPS) is 17.1. The number of nitrogens with zero attached hydrogens (tertiary/aromatic N) is 2. The Hall–Kier alpha value is -3.12. The van der Waals surface area contributed by atoms with Crippen LogP contribution in [0.25, 0.3) is 6.08 Å². The van der Waals surface area contributed by atoms with Gasteiger partial charge in [0.1, 0.15) is 5.76 Å². The molecule has 1 unspecified atom stereocenters. The second-order valence-electron chi connectivity index (χ2n) is 9.28. The van der Waals surface area contributed by atoms with Crippen molar-refractivity contribution in [1.82, 2.24) is 9.80 Å². The molecule has 0 radical (unpaired) electrons. The molecule has 0 spiro atoms. The molecule has 1 atom stereocenters. The minimum Gasteiger partial charge on any atom is -0.503 e. The predicted octanol–water partition coefficient (Wildman–Crippen LogP) is 4.90. The second kappa shape index (κ2) is 10.2. The fourth-order valence-corrected chi connectivity index (χ4v) is 4.07. The van der Waals surface area contributed by atoms with Crippen molar-refractivity contribution in [2.24, 2.45) is 0 Å². The molecular formula is C27H34N2O4. The standard InChI is InChI=1S/C27H34N2O4/c1-6-28(7-2)16-17-29-24(19-10-12-20(13-11-19)27(3,4)5)23(25(31)26(29)32)22(30)15-14-21-9-8-18-33-21/h8-15,18,24,31H,6-7,16-17H2,1-5H3/b15-14+. The number of ketones is 1. The van der Waals surface area contributed by atoms with Gasteiger partial charge in [-0.05, 0) is 53.9 Å². The quantitative estimate of drug-likeness (QED) is 0.550. The van der Waals surface area contributed by atoms with E-state index >= 15 is 0 Å². The molecule has 33 heavy (non-hydrogen) atoms. The van der Waals surface area contributed by atoms with Gasteiger partial charge in [-0.3, -0.25) is 9.59 Å². The summed E-state index contributed by atoms with van der Waals surface area (Å²) >= 11 is 0. The molecular weight excluding hydrogens is 416 g/mol. The molecule has 6 heteroatoms. The second-order valence-corrected chi connectivity index (χ2v) is 9.28. The highest BCUT2D eigenvalue weighted by molar-refractivity contribution is 6.14. The van der Waals surface area contributed by atoms with Crippen LogP contribution in [-0.4, -0.2) is 52.8 Å². The number of allylic oxidation sites excluding steroid dienone is 1. The van der Waals surface area contributed by atoms with Crippen LogP contribution in [0.1, 0.15) is 57.5 Å². The summed E-state index contributed by atoms with van der Waals surface area (Å²) < 4.78 is 5.26. The fraction of sp³-hybridized carbons (Fsp3) is 0.407. The molecule has 0 fully saturated rings. The molecule has 1 N–H and O–H groups in total. The molecule has 2 heterocycles. The van der Waals surface area contributed by atoms with Crippen LogP contribution in [0.15, 0.2) is 64.5 Å². The maximum absolute atomic E-state index is 13.2. The van der Waals surface area contributed by atoms with Crippen molar-refractivity contribution < 1.29 is 19.1 Å². The van der Waals surface area contributed by atoms with Crippen LogP contribution in [0, 0.1) is 0 Å². The lowest BCUT2D eigenvalue weighted by molar-refractivity contribution is -0.129. The summed E-state index contributed by atoms with van der Waals surface area (Å²) in [6.45, 7) is 13.3. The summed E-state index contributed by atoms with van der Waals surface area (Å²) in [5.74, 6) is -0.875. The molecule has 0 saturated heterocycles. The van der Waals surface area contributed by atoms with E-state index in [2.05, 4.69) is 39.5 Å². The van der Waals surface area contributed by atoms with Gasteiger partial charge in [-0.15, -0.1) is 0 Å². The van der Waals surface area contributed by atoms with Crippen molar-refractivity contribution in [3.63, 3.8) is 0 Å². The zero-order valence-electron chi connectivity index (χ0n) is 20.2. The number of aliphatic hydroxyl groups excluding tert-OH is 1. The molecule has 0 saturated carbocycles. The van der Waals surface area contributed by atoms with Gasteiger partial charge in [0.15, 0.2) is 11.5 Å². The Kier molecular flexibility index (Phi) is 7.59. The SMILES string of the molecule is CCN(CC)CCN1C(=O)C(O)=C(C(=O)/C=C/c2ccco2)C1c1ccc(C(C)(C)C)cc1. The van der Waals surface area contributed by atoms with E-state index in [1.54, 1.807) is 23.1 Å². The average Bonchev–Trinajstić information content (AvgIpc) is 3.40. The summed E-state index contributed by atoms with van der Waals surface area (Å²) in [5.41, 5.74) is 2.04. The summed E-state index contributed by atoms with van der Waals surface area (Å²) in [7, 11) is 0. The van der Waals surface area contributed by atoms with Gasteiger partial charge in [0, 0.05) is 13.1 Å². The average molecular weight is 451 g/mol. The fourth-order valence-electron chi connectivity index (χ4n) is 4.07. The molecule has 1 amide bonds. The first-order valence-electron chi connectivity index (χ1n) is 11.5. The summed E-state index contributed by atoms with van der Waals surface area (Å²) in [5, 5.41) is 10.7. The number of hydrogen-bond donors (Lipinski definition) is 1. The number of carbonyl (C=O) groups is 2. The predicted molar refractivity (Wildman–Crippen MR) is 130 cm³/mol. The van der Waals surface area contributed by atoms with Crippen LogP contribution in [0.5, 0.6) is 0 Å². The Morgan fingerprint density at radius 2 is 1.82 bits per heavy atom. The largest absolute Gasteiger partial charge is 0.503 e. The lowest BCUT2D eigenvalue weighted by Crippen LogP contribution is -2.38. The number of amides is 1. The van der Waals surface area contributed by atoms with Crippen LogP contribution >= 0.6 is 0 Å². The van der Waals surface area contributed by atoms with Crippen LogP contribution in [0.3, 0.4) is 0 Å². The van der Waals surface area contributed by atoms with Crippen LogP contribution < -0.4 is 0 Å². The maximum Gasteiger partial charge on any atom is 0.290 e. The van der Waals surface area contributed by atoms with Gasteiger partial charge in [0.2, 0.25) is 0 Å². The summed E-state index contributed by atoms with van der Waals surface area (Å²) in [6, 6.07) is 10.8. The molecule has 3 rings (SSSR count). The topological polar surface area (TPSA) is 74.0 Å². The number of rotatable bonds is 9. The zero-order valence-corrected chi connectivity index (χ0v) is 20.2. The van der Waals surface area contributed by atoms with E-state index in [0.717, 1.165) is 24.2 Å². The van der Waals surface area contributed by atoms with E-state index in [-0.39, 0.29) is 11.0 Å². The van der Waals surface area contributed by atoms with Crippen molar-refractivity contribution in [2.75, 3.05) is 26.2 Å². The minimum absolute atomic E-state index is 0.0190. The van der Waals surface area contributed by atoms with Gasteiger partial charge in [-0.1, -0.05) is 58.9 Å². The smallest absolute Gasteiger partial charge is 0.290 e. The zero-order chi connectivity index (χ0) is 24.2. The third kappa shape index (κ3) is 5.45. The van der Waals surface area contributed by atoms with E-state index < -0.39 is 23.5 Å². The van der Waals surface area contributed by atoms with E-state index in [1.165, 1.54) is 12.3 Å². The number of aliphatic hydroxyl groups is 1. The molecule has 1 aromatic carbocycles. The van der Waals surface area contributed by atoms with E-state index in [0.29, 0.717) is 18.8 Å². The van der Waals surface area contributed by atoms with Gasteiger partial charge in [0.25, 0.3) is 5.91 Å². The summed E-state index contributed by atoms with van der Waals surface area (Å²) in [4.78, 5) is 30.0. The lowest BCUT2D eigenvalue weighted by Gasteiger charge is -2.29. The van der Waals surface area contributed by atoms with Crippen molar-refractivity contribution in [3.8, 4) is 0 Å². The van der Waals surface area contributed by atoms with Gasteiger partial charge >= 0.3 is 0 Å². The number of hydrogen-bond acceptors (Lipinski definition) is 5. The van der Waals surface area contributed by atoms with Crippen LogP contribution in [0.2, 0.25) is 0 Å². The van der Waals surface area contributed by atoms with Crippen LogP contribution in [0.4, 0.5) is 0 Å². The first kappa shape index (κ1) is 24.5. The highest BCUT2D eigenvalue weighted by Crippen LogP contribution is 2.38. The molecule has 6 nitrogen and oxygen atoms in total. The van der Waals surface area contributed by atoms with Crippen molar-refractivity contribution in [1.29, 1.82) is 0 Å². The van der Waals surface area contributed by atoms with E-state index in [9.17, 15) is 14.7 Å². The Morgan fingerprint density at radius 3 is 2.36 bits per heavy atom. The minimum atomic E-state index is -0.643. The molecule has 1 aromatic heterocycles. The van der Waals surface area contributed by atoms with Crippen molar-refractivity contribution >= 4 is 17.8 Å². The van der Waals surface area contributed by atoms with E-state index in [1.807, 2.05) is 24.3 Å². The Bertz CT molecular complexity index is 1020. The Labute approximate surface area is 196 Å². The highest BCUT2D eigenvalue weighted by Gasteiger charge is 2.42. The number of carbonyl (C=O) groups excluding carboxylic acids is 2. The molecule has 0 aliphatic carbocycles. The first-order valence-corrected chi connectivity index (χ1v) is 11.5. The first-order chi connectivity index (χ1) is 15.7. The van der Waals surface area contributed by atoms with E-state index in [4.69, 9.17) is 4.42 Å². The maximum atomic E-state index is 13.2. The van der Waals surface area contributed by atoms with Crippen molar-refractivity contribution in [3.05, 3.63) is 77.0 Å². The monoisotopic (exact) mass is 450 g/mol. The van der Waals surface area contributed by atoms with Gasteiger partial charge in [-0.2, -0.15) is 0 Å². The summed E-state index contributed by atoms with van der Waals surface area (Å²) in [6.07, 6.45) is 4.42. The number of benzene rings is 1. The lowest BCUT2D eigenvalue weighted by atomic mass is 9.85. The molecule has 1 aliphatic heterocycles. The van der Waals surface area contributed by atoms with Gasteiger partial charge in [0.05, 0.1) is 17.9 Å². The number of furan rings is 1.